The van der Waals surface area contributed by atoms with Gasteiger partial charge in [-0.25, -0.2) is 0 Å². The van der Waals surface area contributed by atoms with Crippen LogP contribution in [0.2, 0.25) is 5.02 Å². The van der Waals surface area contributed by atoms with E-state index in [1.165, 1.54) is 0 Å². The van der Waals surface area contributed by atoms with Crippen LogP contribution in [-0.2, 0) is 0 Å². The predicted molar refractivity (Wildman–Crippen MR) is 67.0 cm³/mol. The van der Waals surface area contributed by atoms with Crippen molar-refractivity contribution >= 4 is 11.6 Å². The Labute approximate surface area is 106 Å². The average Bonchev–Trinajstić information content (AvgIpc) is 2.36. The Kier molecular flexibility index (Phi) is 5.36. The summed E-state index contributed by atoms with van der Waals surface area (Å²) in [4.78, 5) is 0. The number of nitrogens with one attached hydrogen (secondary N) is 1. The van der Waals surface area contributed by atoms with Gasteiger partial charge in [0.2, 0.25) is 0 Å². The lowest BCUT2D eigenvalue weighted by molar-refractivity contribution is 0.0846. The fraction of sp³-hybridized carbons (Fsp3) is 0.500. The zero-order chi connectivity index (χ0) is 12.9. The molecule has 0 aromatic heterocycles. The number of rotatable bonds is 6. The van der Waals surface area contributed by atoms with E-state index < -0.39 is 11.6 Å². The highest BCUT2D eigenvalue weighted by atomic mass is 35.5. The second kappa shape index (κ2) is 6.33. The van der Waals surface area contributed by atoms with Crippen LogP contribution in [0.25, 0.3) is 0 Å². The van der Waals surface area contributed by atoms with Gasteiger partial charge in [-0.15, -0.1) is 0 Å². The summed E-state index contributed by atoms with van der Waals surface area (Å²) in [6.45, 7) is 1.46. The van der Waals surface area contributed by atoms with Crippen molar-refractivity contribution < 1.29 is 15.3 Å². The summed E-state index contributed by atoms with van der Waals surface area (Å²) >= 11 is 5.95. The van der Waals surface area contributed by atoms with Crippen LogP contribution in [0.3, 0.4) is 0 Å². The largest absolute Gasteiger partial charge is 0.394 e. The van der Waals surface area contributed by atoms with Crippen LogP contribution in [0, 0.1) is 0 Å². The fourth-order valence-corrected chi connectivity index (χ4v) is 1.62. The first-order chi connectivity index (χ1) is 8.02. The number of hydrogen-bond donors (Lipinski definition) is 4. The van der Waals surface area contributed by atoms with Crippen molar-refractivity contribution in [3.05, 3.63) is 34.9 Å². The molecule has 5 heteroatoms. The molecule has 1 unspecified atom stereocenters. The van der Waals surface area contributed by atoms with Crippen molar-refractivity contribution in [1.29, 1.82) is 0 Å². The Balaban J connectivity index is 2.62. The Hall–Kier alpha value is -0.650. The molecular formula is C12H18ClNO3. The van der Waals surface area contributed by atoms with Crippen LogP contribution >= 0.6 is 11.6 Å². The number of hydrogen-bond acceptors (Lipinski definition) is 4. The van der Waals surface area contributed by atoms with Crippen molar-refractivity contribution in [2.45, 2.75) is 18.6 Å². The van der Waals surface area contributed by atoms with Crippen LogP contribution in [0.4, 0.5) is 0 Å². The molecule has 0 aliphatic rings. The zero-order valence-electron chi connectivity index (χ0n) is 9.73. The Bertz CT molecular complexity index is 355. The second-order valence-corrected chi connectivity index (χ2v) is 4.70. The second-order valence-electron chi connectivity index (χ2n) is 4.30. The lowest BCUT2D eigenvalue weighted by Crippen LogP contribution is -2.50. The molecule has 1 atom stereocenters. The molecule has 0 fully saturated rings. The third-order valence-electron chi connectivity index (χ3n) is 2.68. The van der Waals surface area contributed by atoms with Crippen LogP contribution < -0.4 is 5.32 Å². The van der Waals surface area contributed by atoms with E-state index in [1.54, 1.807) is 31.2 Å². The Morgan fingerprint density at radius 2 is 1.88 bits per heavy atom. The number of benzene rings is 1. The smallest absolute Gasteiger partial charge is 0.0928 e. The molecule has 0 radical (unpaired) electrons. The minimum Gasteiger partial charge on any atom is -0.394 e. The summed E-state index contributed by atoms with van der Waals surface area (Å²) < 4.78 is 0. The van der Waals surface area contributed by atoms with Crippen LogP contribution in [-0.4, -0.2) is 40.6 Å². The lowest BCUT2D eigenvalue weighted by Gasteiger charge is -2.28. The molecule has 0 heterocycles. The van der Waals surface area contributed by atoms with Crippen molar-refractivity contribution in [2.75, 3.05) is 19.8 Å². The molecule has 4 nitrogen and oxygen atoms in total. The zero-order valence-corrected chi connectivity index (χ0v) is 10.5. The SMILES string of the molecule is CC(CO)(CO)NCC(O)c1ccccc1Cl. The van der Waals surface area contributed by atoms with Gasteiger partial charge in [0.05, 0.1) is 24.9 Å². The third kappa shape index (κ3) is 3.94. The van der Waals surface area contributed by atoms with Gasteiger partial charge in [0.1, 0.15) is 0 Å². The summed E-state index contributed by atoms with van der Waals surface area (Å²) in [6, 6.07) is 7.03. The van der Waals surface area contributed by atoms with Gasteiger partial charge in [0, 0.05) is 17.1 Å². The molecule has 1 aromatic carbocycles. The van der Waals surface area contributed by atoms with Gasteiger partial charge in [0.25, 0.3) is 0 Å². The summed E-state index contributed by atoms with van der Waals surface area (Å²) in [5.41, 5.74) is -0.178. The van der Waals surface area contributed by atoms with E-state index in [4.69, 9.17) is 21.8 Å². The molecule has 0 aliphatic carbocycles. The van der Waals surface area contributed by atoms with E-state index in [0.717, 1.165) is 0 Å². The van der Waals surface area contributed by atoms with Gasteiger partial charge >= 0.3 is 0 Å². The molecule has 0 aliphatic heterocycles. The van der Waals surface area contributed by atoms with Gasteiger partial charge < -0.3 is 20.6 Å². The first-order valence-electron chi connectivity index (χ1n) is 5.41. The van der Waals surface area contributed by atoms with Gasteiger partial charge in [-0.2, -0.15) is 0 Å². The summed E-state index contributed by atoms with van der Waals surface area (Å²) in [5, 5.41) is 31.5. The normalized spacial score (nSPS) is 13.7. The van der Waals surface area contributed by atoms with E-state index in [9.17, 15) is 5.11 Å². The summed E-state index contributed by atoms with van der Waals surface area (Å²) in [5.74, 6) is 0. The van der Waals surface area contributed by atoms with E-state index in [0.29, 0.717) is 10.6 Å². The standard InChI is InChI=1S/C12H18ClNO3/c1-12(7-15,8-16)14-6-11(17)9-4-2-3-5-10(9)13/h2-5,11,14-17H,6-8H2,1H3. The molecule has 0 amide bonds. The minimum atomic E-state index is -0.803. The highest BCUT2D eigenvalue weighted by molar-refractivity contribution is 6.31. The maximum atomic E-state index is 9.95. The molecular weight excluding hydrogens is 242 g/mol. The van der Waals surface area contributed by atoms with Gasteiger partial charge in [0.15, 0.2) is 0 Å². The van der Waals surface area contributed by atoms with Crippen LogP contribution in [0.1, 0.15) is 18.6 Å². The molecule has 0 saturated carbocycles. The number of aliphatic hydroxyl groups is 3. The summed E-state index contributed by atoms with van der Waals surface area (Å²) in [7, 11) is 0. The monoisotopic (exact) mass is 259 g/mol. The topological polar surface area (TPSA) is 72.7 Å². The lowest BCUT2D eigenvalue weighted by atomic mass is 10.0. The number of halogens is 1. The van der Waals surface area contributed by atoms with E-state index >= 15 is 0 Å². The molecule has 4 N–H and O–H groups in total. The molecule has 1 aromatic rings. The molecule has 17 heavy (non-hydrogen) atoms. The van der Waals surface area contributed by atoms with Crippen molar-refractivity contribution in [3.63, 3.8) is 0 Å². The van der Waals surface area contributed by atoms with Gasteiger partial charge in [-0.3, -0.25) is 0 Å². The van der Waals surface area contributed by atoms with Crippen molar-refractivity contribution in [2.24, 2.45) is 0 Å². The molecule has 0 bridgehead atoms. The quantitative estimate of drug-likeness (QED) is 0.607. The van der Waals surface area contributed by atoms with Gasteiger partial charge in [-0.05, 0) is 13.0 Å². The first kappa shape index (κ1) is 14.4. The minimum absolute atomic E-state index is 0.210. The molecule has 1 rings (SSSR count). The van der Waals surface area contributed by atoms with Crippen molar-refractivity contribution in [1.82, 2.24) is 5.32 Å². The Morgan fingerprint density at radius 3 is 2.41 bits per heavy atom. The summed E-state index contributed by atoms with van der Waals surface area (Å²) in [6.07, 6.45) is -0.777. The molecule has 96 valence electrons. The van der Waals surface area contributed by atoms with E-state index in [1.807, 2.05) is 0 Å². The molecule has 0 saturated heterocycles. The van der Waals surface area contributed by atoms with Crippen LogP contribution in [0.5, 0.6) is 0 Å². The van der Waals surface area contributed by atoms with Crippen molar-refractivity contribution in [3.8, 4) is 0 Å². The average molecular weight is 260 g/mol. The molecule has 0 spiro atoms. The van der Waals surface area contributed by atoms with E-state index in [2.05, 4.69) is 5.32 Å². The van der Waals surface area contributed by atoms with Gasteiger partial charge in [-0.1, -0.05) is 29.8 Å². The number of β-amino-alcohol motifs (C(OH)–C–C–N with tert-alkyl or cyclic N) is 1. The van der Waals surface area contributed by atoms with E-state index in [-0.39, 0.29) is 19.8 Å². The Morgan fingerprint density at radius 1 is 1.29 bits per heavy atom. The first-order valence-corrected chi connectivity index (χ1v) is 5.79. The highest BCUT2D eigenvalue weighted by Crippen LogP contribution is 2.22. The maximum absolute atomic E-state index is 9.95. The van der Waals surface area contributed by atoms with Crippen LogP contribution in [0.15, 0.2) is 24.3 Å². The maximum Gasteiger partial charge on any atom is 0.0928 e. The third-order valence-corrected chi connectivity index (χ3v) is 3.03. The fourth-order valence-electron chi connectivity index (χ4n) is 1.36. The predicted octanol–water partition coefficient (Wildman–Crippen LogP) is 0.706. The highest BCUT2D eigenvalue weighted by Gasteiger charge is 2.23. The number of aliphatic hydroxyl groups excluding tert-OH is 3.